The Morgan fingerprint density at radius 1 is 1.20 bits per heavy atom. The molecule has 1 aliphatic heterocycles. The predicted octanol–water partition coefficient (Wildman–Crippen LogP) is 3.50. The summed E-state index contributed by atoms with van der Waals surface area (Å²) in [7, 11) is 0. The van der Waals surface area contributed by atoms with Gasteiger partial charge in [0.2, 0.25) is 0 Å². The number of nitrogens with zero attached hydrogens (tertiary/aromatic N) is 1. The lowest BCUT2D eigenvalue weighted by Crippen LogP contribution is -2.35. The van der Waals surface area contributed by atoms with E-state index >= 15 is 0 Å². The lowest BCUT2D eigenvalue weighted by Gasteiger charge is -2.29. The Morgan fingerprint density at radius 2 is 1.90 bits per heavy atom. The Labute approximate surface area is 122 Å². The second-order valence-electron chi connectivity index (χ2n) is 7.67. The van der Waals surface area contributed by atoms with E-state index in [1.54, 1.807) is 0 Å². The van der Waals surface area contributed by atoms with Crippen molar-refractivity contribution in [2.45, 2.75) is 57.6 Å². The van der Waals surface area contributed by atoms with Gasteiger partial charge in [-0.1, -0.05) is 45.0 Å². The molecule has 2 heteroatoms. The van der Waals surface area contributed by atoms with Gasteiger partial charge >= 0.3 is 0 Å². The molecule has 1 saturated heterocycles. The van der Waals surface area contributed by atoms with Gasteiger partial charge in [-0.15, -0.1) is 0 Å². The Bertz CT molecular complexity index is 459. The lowest BCUT2D eigenvalue weighted by molar-refractivity contribution is 0.0946. The first-order chi connectivity index (χ1) is 9.43. The van der Waals surface area contributed by atoms with E-state index in [1.807, 2.05) is 0 Å². The third-order valence-electron chi connectivity index (χ3n) is 5.09. The van der Waals surface area contributed by atoms with E-state index in [1.165, 1.54) is 31.4 Å². The molecular formula is C18H27NO. The molecule has 0 radical (unpaired) electrons. The molecule has 3 unspecified atom stereocenters. The van der Waals surface area contributed by atoms with E-state index in [0.717, 1.165) is 24.1 Å². The summed E-state index contributed by atoms with van der Waals surface area (Å²) in [6.07, 6.45) is 3.75. The van der Waals surface area contributed by atoms with Crippen molar-refractivity contribution < 1.29 is 5.11 Å². The van der Waals surface area contributed by atoms with Crippen LogP contribution in [0.1, 0.15) is 57.3 Å². The SMILES string of the molecule is CC(C)(C)c1ccc(C(O)CN2CC3CCC2C3)cc1. The lowest BCUT2D eigenvalue weighted by atomic mass is 9.86. The van der Waals surface area contributed by atoms with Gasteiger partial charge in [0.25, 0.3) is 0 Å². The Hall–Kier alpha value is -0.860. The van der Waals surface area contributed by atoms with Crippen molar-refractivity contribution >= 4 is 0 Å². The number of aliphatic hydroxyl groups excluding tert-OH is 1. The van der Waals surface area contributed by atoms with Crippen LogP contribution in [-0.2, 0) is 5.41 Å². The number of aliphatic hydroxyl groups is 1. The minimum Gasteiger partial charge on any atom is -0.387 e. The van der Waals surface area contributed by atoms with Crippen molar-refractivity contribution in [3.8, 4) is 0 Å². The van der Waals surface area contributed by atoms with Crippen LogP contribution < -0.4 is 0 Å². The van der Waals surface area contributed by atoms with Crippen LogP contribution in [0.2, 0.25) is 0 Å². The van der Waals surface area contributed by atoms with Gasteiger partial charge in [-0.3, -0.25) is 4.90 Å². The average Bonchev–Trinajstić information content (AvgIpc) is 3.00. The minimum atomic E-state index is -0.344. The first kappa shape index (κ1) is 14.1. The second-order valence-corrected chi connectivity index (χ2v) is 7.67. The van der Waals surface area contributed by atoms with Crippen molar-refractivity contribution in [1.29, 1.82) is 0 Å². The molecular weight excluding hydrogens is 246 g/mol. The quantitative estimate of drug-likeness (QED) is 0.911. The van der Waals surface area contributed by atoms with E-state index in [2.05, 4.69) is 49.9 Å². The number of rotatable bonds is 3. The summed E-state index contributed by atoms with van der Waals surface area (Å²) in [5.41, 5.74) is 2.56. The number of fused-ring (bicyclic) bond motifs is 2. The molecule has 2 fully saturated rings. The molecule has 2 bridgehead atoms. The highest BCUT2D eigenvalue weighted by Crippen LogP contribution is 2.38. The second kappa shape index (κ2) is 5.16. The largest absolute Gasteiger partial charge is 0.387 e. The topological polar surface area (TPSA) is 23.5 Å². The molecule has 1 aliphatic carbocycles. The van der Waals surface area contributed by atoms with Gasteiger partial charge in [-0.2, -0.15) is 0 Å². The number of hydrogen-bond acceptors (Lipinski definition) is 2. The van der Waals surface area contributed by atoms with Crippen molar-refractivity contribution in [2.24, 2.45) is 5.92 Å². The molecule has 1 aromatic carbocycles. The molecule has 1 heterocycles. The van der Waals surface area contributed by atoms with Crippen LogP contribution in [0.3, 0.4) is 0 Å². The maximum absolute atomic E-state index is 10.5. The maximum atomic E-state index is 10.5. The van der Waals surface area contributed by atoms with E-state index in [-0.39, 0.29) is 11.5 Å². The molecule has 1 saturated carbocycles. The molecule has 1 aromatic rings. The summed E-state index contributed by atoms with van der Waals surface area (Å²) in [5, 5.41) is 10.5. The first-order valence-corrected chi connectivity index (χ1v) is 7.96. The zero-order valence-corrected chi connectivity index (χ0v) is 13.0. The van der Waals surface area contributed by atoms with Gasteiger partial charge in [0.1, 0.15) is 0 Å². The van der Waals surface area contributed by atoms with E-state index in [4.69, 9.17) is 0 Å². The molecule has 1 N–H and O–H groups in total. The molecule has 3 rings (SSSR count). The van der Waals surface area contributed by atoms with Gasteiger partial charge in [0.05, 0.1) is 6.10 Å². The monoisotopic (exact) mass is 273 g/mol. The van der Waals surface area contributed by atoms with Crippen LogP contribution in [-0.4, -0.2) is 29.1 Å². The molecule has 2 nitrogen and oxygen atoms in total. The summed E-state index contributed by atoms with van der Waals surface area (Å²) < 4.78 is 0. The van der Waals surface area contributed by atoms with Crippen LogP contribution in [0.25, 0.3) is 0 Å². The van der Waals surface area contributed by atoms with Crippen molar-refractivity contribution in [2.75, 3.05) is 13.1 Å². The molecule has 110 valence electrons. The summed E-state index contributed by atoms with van der Waals surface area (Å²) >= 11 is 0. The van der Waals surface area contributed by atoms with Gasteiger partial charge in [-0.05, 0) is 41.7 Å². The fourth-order valence-corrected chi connectivity index (χ4v) is 3.78. The Morgan fingerprint density at radius 3 is 2.40 bits per heavy atom. The first-order valence-electron chi connectivity index (χ1n) is 7.96. The summed E-state index contributed by atoms with van der Waals surface area (Å²) in [5.74, 6) is 0.899. The average molecular weight is 273 g/mol. The summed E-state index contributed by atoms with van der Waals surface area (Å²) in [4.78, 5) is 2.50. The smallest absolute Gasteiger partial charge is 0.0917 e. The molecule has 2 aliphatic rings. The van der Waals surface area contributed by atoms with Crippen molar-refractivity contribution in [3.63, 3.8) is 0 Å². The highest BCUT2D eigenvalue weighted by molar-refractivity contribution is 5.28. The standard InChI is InChI=1S/C18H27NO/c1-18(2,3)15-7-5-14(6-8-15)17(20)12-19-11-13-4-9-16(19)10-13/h5-8,13,16-17,20H,4,9-12H2,1-3H3. The summed E-state index contributed by atoms with van der Waals surface area (Å²) in [6, 6.07) is 9.26. The third kappa shape index (κ3) is 2.77. The number of hydrogen-bond donors (Lipinski definition) is 1. The Balaban J connectivity index is 1.64. The highest BCUT2D eigenvalue weighted by Gasteiger charge is 2.38. The fourth-order valence-electron chi connectivity index (χ4n) is 3.78. The zero-order chi connectivity index (χ0) is 14.3. The number of piperidine rings is 1. The van der Waals surface area contributed by atoms with Gasteiger partial charge < -0.3 is 5.11 Å². The Kier molecular flexibility index (Phi) is 3.64. The fraction of sp³-hybridized carbons (Fsp3) is 0.667. The van der Waals surface area contributed by atoms with Crippen molar-refractivity contribution in [3.05, 3.63) is 35.4 Å². The van der Waals surface area contributed by atoms with Crippen LogP contribution >= 0.6 is 0 Å². The molecule has 0 amide bonds. The predicted molar refractivity (Wildman–Crippen MR) is 82.8 cm³/mol. The number of benzene rings is 1. The van der Waals surface area contributed by atoms with Crippen molar-refractivity contribution in [1.82, 2.24) is 4.90 Å². The molecule has 0 spiro atoms. The summed E-state index contributed by atoms with van der Waals surface area (Å²) in [6.45, 7) is 8.66. The van der Waals surface area contributed by atoms with Crippen LogP contribution in [0, 0.1) is 5.92 Å². The van der Waals surface area contributed by atoms with E-state index in [9.17, 15) is 5.11 Å². The number of β-amino-alcohol motifs (C(OH)–C–C–N with tert-alkyl or cyclic N) is 1. The zero-order valence-electron chi connectivity index (χ0n) is 13.0. The molecule has 3 atom stereocenters. The van der Waals surface area contributed by atoms with Gasteiger partial charge in [-0.25, -0.2) is 0 Å². The van der Waals surface area contributed by atoms with Gasteiger partial charge in [0, 0.05) is 19.1 Å². The molecule has 0 aromatic heterocycles. The maximum Gasteiger partial charge on any atom is 0.0917 e. The third-order valence-corrected chi connectivity index (χ3v) is 5.09. The van der Waals surface area contributed by atoms with Crippen LogP contribution in [0.4, 0.5) is 0 Å². The number of likely N-dealkylation sites (tertiary alicyclic amines) is 1. The highest BCUT2D eigenvalue weighted by atomic mass is 16.3. The van der Waals surface area contributed by atoms with E-state index in [0.29, 0.717) is 0 Å². The molecule has 20 heavy (non-hydrogen) atoms. The van der Waals surface area contributed by atoms with Crippen LogP contribution in [0.15, 0.2) is 24.3 Å². The minimum absolute atomic E-state index is 0.178. The normalized spacial score (nSPS) is 28.0. The van der Waals surface area contributed by atoms with Crippen LogP contribution in [0.5, 0.6) is 0 Å². The van der Waals surface area contributed by atoms with E-state index < -0.39 is 0 Å². The van der Waals surface area contributed by atoms with Gasteiger partial charge in [0.15, 0.2) is 0 Å².